The Morgan fingerprint density at radius 2 is 2.56 bits per heavy atom. The van der Waals surface area contributed by atoms with Gasteiger partial charge in [-0.25, -0.2) is 0 Å². The summed E-state index contributed by atoms with van der Waals surface area (Å²) in [5.41, 5.74) is 0. The zero-order valence-electron chi connectivity index (χ0n) is 5.51. The quantitative estimate of drug-likeness (QED) is 0.518. The van der Waals surface area contributed by atoms with Gasteiger partial charge in [0.05, 0.1) is 0 Å². The van der Waals surface area contributed by atoms with Crippen molar-refractivity contribution in [1.29, 1.82) is 0 Å². The molecule has 1 aliphatic rings. The fraction of sp³-hybridized carbons (Fsp3) is 0.857. The maximum Gasteiger partial charge on any atom is 0.120 e. The van der Waals surface area contributed by atoms with Gasteiger partial charge in [0.2, 0.25) is 0 Å². The molecule has 1 atom stereocenters. The summed E-state index contributed by atoms with van der Waals surface area (Å²) < 4.78 is 5.18. The largest absolute Gasteiger partial charge is 0.381 e. The Kier molecular flexibility index (Phi) is 2.71. The number of ether oxygens (including phenoxy) is 1. The van der Waals surface area contributed by atoms with E-state index in [2.05, 4.69) is 0 Å². The zero-order chi connectivity index (χ0) is 6.53. The first-order chi connectivity index (χ1) is 4.43. The number of aldehydes is 1. The highest BCUT2D eigenvalue weighted by atomic mass is 16.5. The fourth-order valence-electron chi connectivity index (χ4n) is 1.13. The first-order valence-corrected chi connectivity index (χ1v) is 3.45. The van der Waals surface area contributed by atoms with E-state index in [4.69, 9.17) is 4.74 Å². The molecule has 1 heterocycles. The first kappa shape index (κ1) is 6.75. The number of carbonyl (C=O) groups excluding carboxylic acids is 1. The predicted molar refractivity (Wildman–Crippen MR) is 34.2 cm³/mol. The van der Waals surface area contributed by atoms with E-state index in [-0.39, 0.29) is 0 Å². The van der Waals surface area contributed by atoms with Crippen LogP contribution in [-0.4, -0.2) is 19.5 Å². The highest BCUT2D eigenvalue weighted by Gasteiger charge is 2.11. The van der Waals surface area contributed by atoms with Gasteiger partial charge in [0, 0.05) is 19.6 Å². The normalized spacial score (nSPS) is 27.8. The highest BCUT2D eigenvalue weighted by molar-refractivity contribution is 5.49. The van der Waals surface area contributed by atoms with Crippen molar-refractivity contribution in [3.05, 3.63) is 0 Å². The van der Waals surface area contributed by atoms with Gasteiger partial charge in [0.1, 0.15) is 6.29 Å². The van der Waals surface area contributed by atoms with Crippen molar-refractivity contribution < 1.29 is 9.53 Å². The molecule has 2 nitrogen and oxygen atoms in total. The van der Waals surface area contributed by atoms with Crippen molar-refractivity contribution in [3.63, 3.8) is 0 Å². The van der Waals surface area contributed by atoms with Crippen LogP contribution in [0.25, 0.3) is 0 Å². The molecule has 0 radical (unpaired) electrons. The second-order valence-electron chi connectivity index (χ2n) is 2.49. The molecule has 0 saturated carbocycles. The third-order valence-corrected chi connectivity index (χ3v) is 1.68. The maximum absolute atomic E-state index is 10.0. The van der Waals surface area contributed by atoms with Crippen molar-refractivity contribution in [2.75, 3.05) is 13.2 Å². The molecular weight excluding hydrogens is 116 g/mol. The van der Waals surface area contributed by atoms with E-state index in [1.807, 2.05) is 0 Å². The lowest BCUT2D eigenvalue weighted by atomic mass is 10.00. The van der Waals surface area contributed by atoms with E-state index >= 15 is 0 Å². The van der Waals surface area contributed by atoms with Gasteiger partial charge in [-0.2, -0.15) is 0 Å². The number of hydrogen-bond acceptors (Lipinski definition) is 2. The summed E-state index contributed by atoms with van der Waals surface area (Å²) in [4.78, 5) is 10.0. The molecule has 0 amide bonds. The highest BCUT2D eigenvalue weighted by Crippen LogP contribution is 2.15. The Labute approximate surface area is 55.2 Å². The van der Waals surface area contributed by atoms with Crippen molar-refractivity contribution in [2.24, 2.45) is 5.92 Å². The van der Waals surface area contributed by atoms with Crippen LogP contribution in [0, 0.1) is 5.92 Å². The molecular formula is C7H12O2. The van der Waals surface area contributed by atoms with E-state index < -0.39 is 0 Å². The summed E-state index contributed by atoms with van der Waals surface area (Å²) in [6.45, 7) is 1.67. The van der Waals surface area contributed by atoms with Crippen LogP contribution in [-0.2, 0) is 9.53 Å². The monoisotopic (exact) mass is 128 g/mol. The minimum absolute atomic E-state index is 0.510. The number of rotatable bonds is 2. The lowest BCUT2D eigenvalue weighted by Crippen LogP contribution is -2.17. The van der Waals surface area contributed by atoms with Gasteiger partial charge in [0.25, 0.3) is 0 Å². The van der Waals surface area contributed by atoms with Gasteiger partial charge in [-0.15, -0.1) is 0 Å². The number of hydrogen-bond donors (Lipinski definition) is 0. The molecule has 1 aliphatic heterocycles. The summed E-state index contributed by atoms with van der Waals surface area (Å²) in [6, 6.07) is 0. The average molecular weight is 128 g/mol. The minimum atomic E-state index is 0.510. The van der Waals surface area contributed by atoms with Crippen LogP contribution >= 0.6 is 0 Å². The van der Waals surface area contributed by atoms with E-state index in [1.54, 1.807) is 0 Å². The number of carbonyl (C=O) groups is 1. The van der Waals surface area contributed by atoms with Gasteiger partial charge >= 0.3 is 0 Å². The second-order valence-corrected chi connectivity index (χ2v) is 2.49. The average Bonchev–Trinajstić information content (AvgIpc) is 1.91. The van der Waals surface area contributed by atoms with E-state index in [0.717, 1.165) is 25.9 Å². The molecule has 0 bridgehead atoms. The van der Waals surface area contributed by atoms with E-state index in [0.29, 0.717) is 12.3 Å². The van der Waals surface area contributed by atoms with Crippen LogP contribution in [0.5, 0.6) is 0 Å². The molecule has 1 saturated heterocycles. The summed E-state index contributed by atoms with van der Waals surface area (Å²) in [5.74, 6) is 0.510. The summed E-state index contributed by atoms with van der Waals surface area (Å²) in [6.07, 6.45) is 3.95. The Bertz CT molecular complexity index is 84.9. The van der Waals surface area contributed by atoms with E-state index in [1.165, 1.54) is 6.42 Å². The molecule has 2 heteroatoms. The summed E-state index contributed by atoms with van der Waals surface area (Å²) in [5, 5.41) is 0. The van der Waals surface area contributed by atoms with Crippen LogP contribution in [0.15, 0.2) is 0 Å². The van der Waals surface area contributed by atoms with Gasteiger partial charge in [0.15, 0.2) is 0 Å². The van der Waals surface area contributed by atoms with Crippen LogP contribution in [0.2, 0.25) is 0 Å². The fourth-order valence-corrected chi connectivity index (χ4v) is 1.13. The molecule has 1 unspecified atom stereocenters. The van der Waals surface area contributed by atoms with E-state index in [9.17, 15) is 4.79 Å². The molecule has 9 heavy (non-hydrogen) atoms. The van der Waals surface area contributed by atoms with Crippen molar-refractivity contribution in [1.82, 2.24) is 0 Å². The van der Waals surface area contributed by atoms with Gasteiger partial charge in [-0.1, -0.05) is 0 Å². The molecule has 0 aliphatic carbocycles. The SMILES string of the molecule is O=CCC1CCCOC1. The molecule has 1 fully saturated rings. The summed E-state index contributed by atoms with van der Waals surface area (Å²) >= 11 is 0. The molecule has 0 aromatic heterocycles. The van der Waals surface area contributed by atoms with Crippen molar-refractivity contribution >= 4 is 6.29 Å². The predicted octanol–water partition coefficient (Wildman–Crippen LogP) is 1.00. The molecule has 0 aromatic carbocycles. The van der Waals surface area contributed by atoms with Gasteiger partial charge < -0.3 is 9.53 Å². The van der Waals surface area contributed by atoms with Crippen LogP contribution < -0.4 is 0 Å². The Morgan fingerprint density at radius 3 is 3.11 bits per heavy atom. The third-order valence-electron chi connectivity index (χ3n) is 1.68. The Morgan fingerprint density at radius 1 is 1.67 bits per heavy atom. The van der Waals surface area contributed by atoms with Crippen molar-refractivity contribution in [3.8, 4) is 0 Å². The third kappa shape index (κ3) is 2.14. The maximum atomic E-state index is 10.0. The topological polar surface area (TPSA) is 26.3 Å². The van der Waals surface area contributed by atoms with Gasteiger partial charge in [-0.3, -0.25) is 0 Å². The molecule has 0 aromatic rings. The van der Waals surface area contributed by atoms with Gasteiger partial charge in [-0.05, 0) is 18.8 Å². The molecule has 0 N–H and O–H groups in total. The molecule has 52 valence electrons. The minimum Gasteiger partial charge on any atom is -0.381 e. The van der Waals surface area contributed by atoms with Crippen molar-refractivity contribution in [2.45, 2.75) is 19.3 Å². The lowest BCUT2D eigenvalue weighted by Gasteiger charge is -2.19. The molecule has 0 spiro atoms. The van der Waals surface area contributed by atoms with Crippen LogP contribution in [0.4, 0.5) is 0 Å². The lowest BCUT2D eigenvalue weighted by molar-refractivity contribution is -0.109. The molecule has 1 rings (SSSR count). The van der Waals surface area contributed by atoms with Crippen LogP contribution in [0.1, 0.15) is 19.3 Å². The smallest absolute Gasteiger partial charge is 0.120 e. The zero-order valence-corrected chi connectivity index (χ0v) is 5.51. The summed E-state index contributed by atoms with van der Waals surface area (Å²) in [7, 11) is 0. The second kappa shape index (κ2) is 3.62. The first-order valence-electron chi connectivity index (χ1n) is 3.45. The Hall–Kier alpha value is -0.370. The standard InChI is InChI=1S/C7H12O2/c8-4-3-7-2-1-5-9-6-7/h4,7H,1-3,5-6H2. The van der Waals surface area contributed by atoms with Crippen LogP contribution in [0.3, 0.4) is 0 Å². The Balaban J connectivity index is 2.15.